The lowest BCUT2D eigenvalue weighted by Gasteiger charge is -2.25. The van der Waals surface area contributed by atoms with E-state index in [1.165, 1.54) is 23.0 Å². The molecule has 2 aromatic carbocycles. The fourth-order valence-electron chi connectivity index (χ4n) is 3.37. The average molecular weight is 481 g/mol. The highest BCUT2D eigenvalue weighted by molar-refractivity contribution is 8.00. The average Bonchev–Trinajstić information content (AvgIpc) is 3.27. The van der Waals surface area contributed by atoms with Crippen molar-refractivity contribution in [3.8, 4) is 5.75 Å². The smallest absolute Gasteiger partial charge is 0.147 e. The zero-order chi connectivity index (χ0) is 20.9. The molecule has 1 aliphatic carbocycles. The van der Waals surface area contributed by atoms with Crippen LogP contribution in [0, 0.1) is 11.7 Å². The summed E-state index contributed by atoms with van der Waals surface area (Å²) in [7, 11) is 0. The van der Waals surface area contributed by atoms with Crippen LogP contribution >= 0.6 is 46.5 Å². The van der Waals surface area contributed by atoms with Gasteiger partial charge in [0, 0.05) is 22.4 Å². The number of ether oxygens (including phenoxy) is 1. The van der Waals surface area contributed by atoms with Crippen molar-refractivity contribution in [3.63, 3.8) is 0 Å². The summed E-state index contributed by atoms with van der Waals surface area (Å²) in [5.74, 6) is 0.867. The first kappa shape index (κ1) is 21.5. The van der Waals surface area contributed by atoms with Crippen LogP contribution in [0.3, 0.4) is 0 Å². The summed E-state index contributed by atoms with van der Waals surface area (Å²) in [6.45, 7) is 0.442. The molecule has 1 aliphatic rings. The highest BCUT2D eigenvalue weighted by atomic mass is 35.5. The summed E-state index contributed by atoms with van der Waals surface area (Å²) < 4.78 is 23.5. The first-order chi connectivity index (χ1) is 14.6. The molecule has 0 aliphatic heterocycles. The number of anilines is 1. The lowest BCUT2D eigenvalue weighted by Crippen LogP contribution is -2.17. The van der Waals surface area contributed by atoms with E-state index in [2.05, 4.69) is 15.8 Å². The van der Waals surface area contributed by atoms with Gasteiger partial charge in [-0.15, -0.1) is 11.3 Å². The van der Waals surface area contributed by atoms with E-state index in [1.807, 2.05) is 29.6 Å². The zero-order valence-electron chi connectivity index (χ0n) is 15.9. The first-order valence-electron chi connectivity index (χ1n) is 9.49. The Kier molecular flexibility index (Phi) is 7.20. The van der Waals surface area contributed by atoms with Gasteiger partial charge in [-0.2, -0.15) is 0 Å². The van der Waals surface area contributed by atoms with E-state index >= 15 is 0 Å². The van der Waals surface area contributed by atoms with E-state index in [0.717, 1.165) is 36.8 Å². The molecule has 3 aromatic rings. The second-order valence-corrected chi connectivity index (χ2v) is 9.31. The Bertz CT molecular complexity index is 1030. The number of nitrogens with zero attached hydrogens (tertiary/aromatic N) is 1. The lowest BCUT2D eigenvalue weighted by molar-refractivity contribution is 0.267. The Labute approximate surface area is 193 Å². The number of nitrogens with one attached hydrogen (secondary N) is 1. The van der Waals surface area contributed by atoms with Gasteiger partial charge in [0.15, 0.2) is 0 Å². The third kappa shape index (κ3) is 5.30. The monoisotopic (exact) mass is 480 g/mol. The SMILES string of the molecule is Fc1cc(OCC2CCCC=C2c2ccc(Cl)cc2)c(Cl)cc1SNc1cscn1. The number of thiazole rings is 1. The predicted octanol–water partition coefficient (Wildman–Crippen LogP) is 7.97. The van der Waals surface area contributed by atoms with Crippen molar-refractivity contribution in [1.82, 2.24) is 4.98 Å². The number of hydrogen-bond acceptors (Lipinski definition) is 5. The molecule has 30 heavy (non-hydrogen) atoms. The molecular formula is C22H19Cl2FN2OS2. The molecule has 4 rings (SSSR count). The molecule has 0 fully saturated rings. The van der Waals surface area contributed by atoms with E-state index < -0.39 is 0 Å². The molecule has 1 atom stereocenters. The third-order valence-corrected chi connectivity index (χ3v) is 6.84. The van der Waals surface area contributed by atoms with E-state index in [0.29, 0.717) is 33.1 Å². The van der Waals surface area contributed by atoms with E-state index in [9.17, 15) is 4.39 Å². The van der Waals surface area contributed by atoms with Gasteiger partial charge in [0.1, 0.15) is 17.4 Å². The molecule has 0 bridgehead atoms. The molecule has 1 unspecified atom stereocenters. The van der Waals surface area contributed by atoms with Crippen LogP contribution in [0.2, 0.25) is 10.0 Å². The highest BCUT2D eigenvalue weighted by Gasteiger charge is 2.21. The van der Waals surface area contributed by atoms with Crippen molar-refractivity contribution in [1.29, 1.82) is 0 Å². The lowest BCUT2D eigenvalue weighted by atomic mass is 9.84. The van der Waals surface area contributed by atoms with Crippen LogP contribution in [0.25, 0.3) is 5.57 Å². The van der Waals surface area contributed by atoms with Crippen molar-refractivity contribution in [2.24, 2.45) is 5.92 Å². The second-order valence-electron chi connectivity index (χ2n) is 6.90. The van der Waals surface area contributed by atoms with Gasteiger partial charge in [-0.1, -0.05) is 41.4 Å². The first-order valence-corrected chi connectivity index (χ1v) is 12.0. The van der Waals surface area contributed by atoms with Crippen LogP contribution < -0.4 is 9.46 Å². The zero-order valence-corrected chi connectivity index (χ0v) is 19.1. The minimum absolute atomic E-state index is 0.222. The molecule has 3 nitrogen and oxygen atoms in total. The molecule has 0 saturated carbocycles. The van der Waals surface area contributed by atoms with E-state index in [-0.39, 0.29) is 11.7 Å². The van der Waals surface area contributed by atoms with Gasteiger partial charge in [-0.3, -0.25) is 0 Å². The Hall–Kier alpha value is -1.73. The van der Waals surface area contributed by atoms with Crippen molar-refractivity contribution >= 4 is 57.9 Å². The maximum atomic E-state index is 14.6. The van der Waals surface area contributed by atoms with Crippen LogP contribution in [0.15, 0.2) is 58.3 Å². The van der Waals surface area contributed by atoms with Gasteiger partial charge in [0.2, 0.25) is 0 Å². The van der Waals surface area contributed by atoms with Gasteiger partial charge in [-0.05, 0) is 60.5 Å². The van der Waals surface area contributed by atoms with Crippen LogP contribution in [-0.2, 0) is 0 Å². The molecular weight excluding hydrogens is 462 g/mol. The normalized spacial score (nSPS) is 16.2. The van der Waals surface area contributed by atoms with Crippen molar-refractivity contribution in [2.45, 2.75) is 24.2 Å². The Morgan fingerprint density at radius 3 is 2.83 bits per heavy atom. The van der Waals surface area contributed by atoms with Crippen LogP contribution in [0.1, 0.15) is 24.8 Å². The summed E-state index contributed by atoms with van der Waals surface area (Å²) in [5, 5.41) is 2.94. The minimum Gasteiger partial charge on any atom is -0.491 e. The molecule has 156 valence electrons. The standard InChI is InChI=1S/C22H19Cl2FN2OS2/c23-16-7-5-14(6-8-16)17-4-2-1-3-15(17)11-28-20-10-19(25)21(9-18(20)24)30-27-22-12-29-13-26-22/h4-10,12-13,15,27H,1-3,11H2. The highest BCUT2D eigenvalue weighted by Crippen LogP contribution is 2.36. The maximum Gasteiger partial charge on any atom is 0.147 e. The fraction of sp³-hybridized carbons (Fsp3) is 0.227. The summed E-state index contributed by atoms with van der Waals surface area (Å²) in [6.07, 6.45) is 5.42. The van der Waals surface area contributed by atoms with Gasteiger partial charge < -0.3 is 9.46 Å². The molecule has 1 heterocycles. The van der Waals surface area contributed by atoms with Crippen molar-refractivity contribution in [3.05, 3.63) is 74.8 Å². The maximum absolute atomic E-state index is 14.6. The third-order valence-electron chi connectivity index (χ3n) is 4.86. The Balaban J connectivity index is 1.43. The number of allylic oxidation sites excluding steroid dienone is 1. The van der Waals surface area contributed by atoms with E-state index in [4.69, 9.17) is 27.9 Å². The van der Waals surface area contributed by atoms with Crippen LogP contribution in [0.4, 0.5) is 10.2 Å². The number of hydrogen-bond donors (Lipinski definition) is 1. The molecule has 1 N–H and O–H groups in total. The fourth-order valence-corrected chi connectivity index (χ4v) is 5.00. The van der Waals surface area contributed by atoms with Gasteiger partial charge in [0.25, 0.3) is 0 Å². The largest absolute Gasteiger partial charge is 0.491 e. The second kappa shape index (κ2) is 10.1. The summed E-state index contributed by atoms with van der Waals surface area (Å²) in [6, 6.07) is 10.8. The van der Waals surface area contributed by atoms with Crippen molar-refractivity contribution in [2.75, 3.05) is 11.3 Å². The number of halogens is 3. The number of benzene rings is 2. The van der Waals surface area contributed by atoms with Gasteiger partial charge in [0.05, 0.1) is 22.0 Å². The quantitative estimate of drug-likeness (QED) is 0.347. The number of rotatable bonds is 7. The molecule has 0 radical (unpaired) electrons. The molecule has 8 heteroatoms. The van der Waals surface area contributed by atoms with Gasteiger partial charge in [-0.25, -0.2) is 9.37 Å². The molecule has 1 aromatic heterocycles. The number of aromatic nitrogens is 1. The van der Waals surface area contributed by atoms with Crippen LogP contribution in [-0.4, -0.2) is 11.6 Å². The topological polar surface area (TPSA) is 34.1 Å². The van der Waals surface area contributed by atoms with Crippen LogP contribution in [0.5, 0.6) is 5.75 Å². The van der Waals surface area contributed by atoms with Crippen molar-refractivity contribution < 1.29 is 9.13 Å². The Morgan fingerprint density at radius 1 is 1.23 bits per heavy atom. The Morgan fingerprint density at radius 2 is 2.07 bits per heavy atom. The minimum atomic E-state index is -0.390. The summed E-state index contributed by atoms with van der Waals surface area (Å²) in [5.41, 5.74) is 4.10. The predicted molar refractivity (Wildman–Crippen MR) is 125 cm³/mol. The summed E-state index contributed by atoms with van der Waals surface area (Å²) >= 11 is 15.0. The van der Waals surface area contributed by atoms with Gasteiger partial charge >= 0.3 is 0 Å². The van der Waals surface area contributed by atoms with E-state index in [1.54, 1.807) is 11.6 Å². The molecule has 0 spiro atoms. The molecule has 0 amide bonds. The molecule has 0 saturated heterocycles. The summed E-state index contributed by atoms with van der Waals surface area (Å²) in [4.78, 5) is 4.50.